The summed E-state index contributed by atoms with van der Waals surface area (Å²) < 4.78 is 11.7. The van der Waals surface area contributed by atoms with Crippen molar-refractivity contribution in [2.45, 2.75) is 90.2 Å². The van der Waals surface area contributed by atoms with Gasteiger partial charge in [0.1, 0.15) is 11.9 Å². The minimum atomic E-state index is -1.88. The number of carbonyl (C=O) groups is 2. The molecule has 0 spiro atoms. The van der Waals surface area contributed by atoms with Crippen molar-refractivity contribution < 1.29 is 18.8 Å². The molecule has 1 fully saturated rings. The highest BCUT2D eigenvalue weighted by atomic mass is 28.4. The Morgan fingerprint density at radius 1 is 1.17 bits per heavy atom. The summed E-state index contributed by atoms with van der Waals surface area (Å²) in [5, 5.41) is 0.117. The van der Waals surface area contributed by atoms with Crippen molar-refractivity contribution in [3.63, 3.8) is 0 Å². The molecule has 0 aromatic carbocycles. The molecule has 2 atom stereocenters. The number of aldehydes is 1. The van der Waals surface area contributed by atoms with E-state index in [1.807, 2.05) is 20.8 Å². The van der Waals surface area contributed by atoms with Crippen LogP contribution < -0.4 is 0 Å². The predicted octanol–water partition coefficient (Wildman–Crippen LogP) is 3.98. The number of hydrogen-bond acceptors (Lipinski definition) is 4. The first-order valence-electron chi connectivity index (χ1n) is 8.39. The number of hydrogen-bond donors (Lipinski definition) is 0. The van der Waals surface area contributed by atoms with E-state index in [0.717, 1.165) is 12.7 Å². The Labute approximate surface area is 141 Å². The number of rotatable bonds is 4. The molecule has 0 saturated carbocycles. The second-order valence-electron chi connectivity index (χ2n) is 8.89. The minimum absolute atomic E-state index is 0.0887. The maximum absolute atomic E-state index is 12.5. The average Bonchev–Trinajstić information content (AvgIpc) is 2.75. The molecule has 0 N–H and O–H groups in total. The lowest BCUT2D eigenvalue weighted by Gasteiger charge is -2.38. The third kappa shape index (κ3) is 5.31. The summed E-state index contributed by atoms with van der Waals surface area (Å²) >= 11 is 0. The van der Waals surface area contributed by atoms with Gasteiger partial charge >= 0.3 is 6.09 Å². The van der Waals surface area contributed by atoms with Gasteiger partial charge in [0.2, 0.25) is 0 Å². The lowest BCUT2D eigenvalue weighted by molar-refractivity contribution is -0.112. The Morgan fingerprint density at radius 2 is 1.74 bits per heavy atom. The molecule has 0 radical (unpaired) electrons. The Morgan fingerprint density at radius 3 is 2.17 bits per heavy atom. The van der Waals surface area contributed by atoms with Crippen LogP contribution in [-0.2, 0) is 14.0 Å². The number of likely N-dealkylation sites (tertiary alicyclic amines) is 1. The van der Waals surface area contributed by atoms with Gasteiger partial charge < -0.3 is 14.0 Å². The summed E-state index contributed by atoms with van der Waals surface area (Å²) in [6.45, 7) is 16.9. The Hall–Kier alpha value is -0.883. The van der Waals surface area contributed by atoms with E-state index in [2.05, 4.69) is 33.9 Å². The van der Waals surface area contributed by atoms with E-state index in [1.165, 1.54) is 0 Å². The van der Waals surface area contributed by atoms with Crippen LogP contribution in [0.5, 0.6) is 0 Å². The molecular weight excluding hydrogens is 310 g/mol. The zero-order valence-corrected chi connectivity index (χ0v) is 16.9. The van der Waals surface area contributed by atoms with Crippen LogP contribution in [0, 0.1) is 0 Å². The minimum Gasteiger partial charge on any atom is -0.444 e. The predicted molar refractivity (Wildman–Crippen MR) is 94.1 cm³/mol. The number of amides is 1. The van der Waals surface area contributed by atoms with E-state index in [1.54, 1.807) is 4.90 Å². The fourth-order valence-corrected chi connectivity index (χ4v) is 3.37. The molecule has 1 aliphatic heterocycles. The molecule has 0 aromatic rings. The summed E-state index contributed by atoms with van der Waals surface area (Å²) in [4.78, 5) is 25.3. The van der Waals surface area contributed by atoms with Crippen LogP contribution in [0.2, 0.25) is 18.1 Å². The summed E-state index contributed by atoms with van der Waals surface area (Å²) in [6, 6.07) is -0.493. The van der Waals surface area contributed by atoms with Gasteiger partial charge in [-0.15, -0.1) is 0 Å². The van der Waals surface area contributed by atoms with Crippen molar-refractivity contribution in [1.82, 2.24) is 4.90 Å². The highest BCUT2D eigenvalue weighted by molar-refractivity contribution is 6.74. The van der Waals surface area contributed by atoms with Gasteiger partial charge in [-0.05, 0) is 51.7 Å². The van der Waals surface area contributed by atoms with E-state index >= 15 is 0 Å². The fourth-order valence-electron chi connectivity index (χ4n) is 2.33. The zero-order chi connectivity index (χ0) is 18.1. The maximum Gasteiger partial charge on any atom is 0.411 e. The van der Waals surface area contributed by atoms with Gasteiger partial charge in [0, 0.05) is 0 Å². The van der Waals surface area contributed by atoms with E-state index in [4.69, 9.17) is 9.16 Å². The van der Waals surface area contributed by atoms with Crippen molar-refractivity contribution in [3.8, 4) is 0 Å². The van der Waals surface area contributed by atoms with Gasteiger partial charge in [0.05, 0.1) is 18.7 Å². The smallest absolute Gasteiger partial charge is 0.411 e. The molecule has 5 nitrogen and oxygen atoms in total. The highest BCUT2D eigenvalue weighted by Gasteiger charge is 2.42. The van der Waals surface area contributed by atoms with Crippen LogP contribution in [0.1, 0.15) is 54.4 Å². The first kappa shape index (κ1) is 20.2. The molecule has 134 valence electrons. The Balaban J connectivity index is 2.81. The monoisotopic (exact) mass is 343 g/mol. The Kier molecular flexibility index (Phi) is 6.07. The number of nitrogens with zero attached hydrogens (tertiary/aromatic N) is 1. The maximum atomic E-state index is 12.5. The molecule has 6 heteroatoms. The van der Waals surface area contributed by atoms with Crippen molar-refractivity contribution >= 4 is 20.7 Å². The van der Waals surface area contributed by atoms with Gasteiger partial charge in [-0.2, -0.15) is 0 Å². The topological polar surface area (TPSA) is 55.8 Å². The summed E-state index contributed by atoms with van der Waals surface area (Å²) in [5.41, 5.74) is -0.571. The Bertz CT molecular complexity index is 437. The lowest BCUT2D eigenvalue weighted by Crippen LogP contribution is -2.49. The highest BCUT2D eigenvalue weighted by Crippen LogP contribution is 2.37. The third-order valence-corrected chi connectivity index (χ3v) is 9.25. The van der Waals surface area contributed by atoms with Crippen LogP contribution in [0.4, 0.5) is 4.79 Å². The van der Waals surface area contributed by atoms with E-state index in [-0.39, 0.29) is 11.1 Å². The summed E-state index contributed by atoms with van der Waals surface area (Å²) in [6.07, 6.45) is 1.87. The quantitative estimate of drug-likeness (QED) is 0.572. The molecule has 0 bridgehead atoms. The molecule has 0 aromatic heterocycles. The average molecular weight is 344 g/mol. The first-order valence-corrected chi connectivity index (χ1v) is 11.3. The van der Waals surface area contributed by atoms with E-state index in [9.17, 15) is 9.59 Å². The fraction of sp³-hybridized carbons (Fsp3) is 0.882. The number of ether oxygens (including phenoxy) is 1. The summed E-state index contributed by atoms with van der Waals surface area (Å²) in [7, 11) is -1.88. The molecule has 1 saturated heterocycles. The van der Waals surface area contributed by atoms with Crippen LogP contribution in [-0.4, -0.2) is 49.9 Å². The van der Waals surface area contributed by atoms with Crippen LogP contribution in [0.15, 0.2) is 0 Å². The standard InChI is InChI=1S/C17H33NO4Si/c1-16(2,3)22-15(20)18-13(11-19)9-10-14(18)12-21-23(7,8)17(4,5)6/h11,13-14H,9-10,12H2,1-8H3/t13-,14+/m1/s1. The second kappa shape index (κ2) is 6.93. The van der Waals surface area contributed by atoms with Crippen LogP contribution in [0.3, 0.4) is 0 Å². The molecule has 23 heavy (non-hydrogen) atoms. The van der Waals surface area contributed by atoms with Crippen LogP contribution in [0.25, 0.3) is 0 Å². The van der Waals surface area contributed by atoms with Crippen molar-refractivity contribution in [2.75, 3.05) is 6.61 Å². The van der Waals surface area contributed by atoms with Crippen molar-refractivity contribution in [3.05, 3.63) is 0 Å². The molecule has 1 heterocycles. The molecule has 1 amide bonds. The zero-order valence-electron chi connectivity index (χ0n) is 15.9. The van der Waals surface area contributed by atoms with E-state index in [0.29, 0.717) is 13.0 Å². The number of carbonyl (C=O) groups excluding carboxylic acids is 2. The van der Waals surface area contributed by atoms with Crippen molar-refractivity contribution in [1.29, 1.82) is 0 Å². The molecule has 0 aliphatic carbocycles. The van der Waals surface area contributed by atoms with Gasteiger partial charge in [-0.1, -0.05) is 20.8 Å². The molecule has 0 unspecified atom stereocenters. The first-order chi connectivity index (χ1) is 10.3. The lowest BCUT2D eigenvalue weighted by atomic mass is 10.2. The molecule has 1 aliphatic rings. The largest absolute Gasteiger partial charge is 0.444 e. The van der Waals surface area contributed by atoms with Gasteiger partial charge in [-0.3, -0.25) is 4.90 Å². The summed E-state index contributed by atoms with van der Waals surface area (Å²) in [5.74, 6) is 0. The molecular formula is C17H33NO4Si. The normalized spacial score (nSPS) is 23.0. The van der Waals surface area contributed by atoms with Crippen LogP contribution >= 0.6 is 0 Å². The van der Waals surface area contributed by atoms with Gasteiger partial charge in [0.25, 0.3) is 0 Å². The SMILES string of the molecule is CC(C)(C)OC(=O)N1[C@H](CO[Si](C)(C)C(C)(C)C)CC[C@@H]1C=O. The van der Waals surface area contributed by atoms with Gasteiger partial charge in [0.15, 0.2) is 8.32 Å². The third-order valence-electron chi connectivity index (χ3n) is 4.75. The van der Waals surface area contributed by atoms with Crippen molar-refractivity contribution in [2.24, 2.45) is 0 Å². The second-order valence-corrected chi connectivity index (χ2v) is 13.7. The van der Waals surface area contributed by atoms with E-state index < -0.39 is 26.1 Å². The molecule has 1 rings (SSSR count). The van der Waals surface area contributed by atoms with Gasteiger partial charge in [-0.25, -0.2) is 4.79 Å².